The van der Waals surface area contributed by atoms with E-state index in [2.05, 4.69) is 17.2 Å². The number of halogens is 5. The van der Waals surface area contributed by atoms with Crippen molar-refractivity contribution in [3.63, 3.8) is 0 Å². The molecule has 0 unspecified atom stereocenters. The predicted octanol–water partition coefficient (Wildman–Crippen LogP) is 5.86. The van der Waals surface area contributed by atoms with Crippen molar-refractivity contribution >= 4 is 16.8 Å². The minimum atomic E-state index is -4.65. The summed E-state index contributed by atoms with van der Waals surface area (Å²) in [5.74, 6) is -1.86. The Hall–Kier alpha value is -2.14. The summed E-state index contributed by atoms with van der Waals surface area (Å²) < 4.78 is 76.1. The van der Waals surface area contributed by atoms with Crippen LogP contribution in [0, 0.1) is 52.1 Å². The molecule has 4 aliphatic carbocycles. The van der Waals surface area contributed by atoms with Gasteiger partial charge < -0.3 is 9.84 Å². The molecule has 6 nitrogen and oxygen atoms in total. The van der Waals surface area contributed by atoms with Gasteiger partial charge in [-0.05, 0) is 104 Å². The van der Waals surface area contributed by atoms with Crippen LogP contribution in [0.5, 0.6) is 0 Å². The van der Waals surface area contributed by atoms with Gasteiger partial charge in [-0.2, -0.15) is 13.2 Å². The Kier molecular flexibility index (Phi) is 6.61. The molecule has 40 heavy (non-hydrogen) atoms. The van der Waals surface area contributed by atoms with Crippen LogP contribution >= 0.6 is 0 Å². The lowest BCUT2D eigenvalue weighted by molar-refractivity contribution is -0.294. The second-order valence-electron chi connectivity index (χ2n) is 13.2. The van der Waals surface area contributed by atoms with Gasteiger partial charge in [0.2, 0.25) is 0 Å². The maximum absolute atomic E-state index is 14.1. The van der Waals surface area contributed by atoms with Crippen molar-refractivity contribution in [1.82, 2.24) is 15.0 Å². The third-order valence-corrected chi connectivity index (χ3v) is 11.6. The number of benzene rings is 1. The fraction of sp³-hybridized carbons (Fsp3) is 0.759. The lowest BCUT2D eigenvalue weighted by Gasteiger charge is -2.62. The van der Waals surface area contributed by atoms with Gasteiger partial charge in [-0.3, -0.25) is 4.79 Å². The van der Waals surface area contributed by atoms with E-state index in [0.29, 0.717) is 19.4 Å². The minimum Gasteiger partial charge on any atom is -0.384 e. The van der Waals surface area contributed by atoms with Crippen LogP contribution in [0.1, 0.15) is 64.7 Å². The minimum absolute atomic E-state index is 0.00631. The number of carbonyl (C=O) groups excluding carboxylic acids is 1. The molecule has 0 bridgehead atoms. The highest BCUT2D eigenvalue weighted by atomic mass is 19.4. The number of rotatable bonds is 5. The molecule has 4 aliphatic rings. The standard InChI is InChI=1S/C29H36F5N3O3/c1-26-10-9-19-17(4-3-16-13-28(39,29(32,33)34)12-11-27(16,19)15-40-2)18(26)5-6-20(26)23(38)14-37-22-8-7-21(30)24(31)25(22)35-36-37/h7-8,16-20,39H,3-6,9-15H2,1-2H3/t16-,17+,18+,19+,20-,26+,27-,28-/m1/s1. The van der Waals surface area contributed by atoms with E-state index in [1.54, 1.807) is 7.11 Å². The Morgan fingerprint density at radius 1 is 1.10 bits per heavy atom. The fourth-order valence-electron chi connectivity index (χ4n) is 9.74. The van der Waals surface area contributed by atoms with Crippen molar-refractivity contribution in [2.45, 2.75) is 83.0 Å². The monoisotopic (exact) mass is 569 g/mol. The zero-order valence-corrected chi connectivity index (χ0v) is 22.8. The van der Waals surface area contributed by atoms with Crippen LogP contribution in [0.3, 0.4) is 0 Å². The smallest absolute Gasteiger partial charge is 0.384 e. The molecule has 1 N–H and O–H groups in total. The van der Waals surface area contributed by atoms with E-state index in [4.69, 9.17) is 4.74 Å². The van der Waals surface area contributed by atoms with Crippen LogP contribution in [0.15, 0.2) is 12.1 Å². The van der Waals surface area contributed by atoms with Crippen molar-refractivity contribution in [2.75, 3.05) is 13.7 Å². The number of Topliss-reactive ketones (excluding diaryl/α,β-unsaturated/α-hetero) is 1. The average Bonchev–Trinajstić information content (AvgIpc) is 3.47. The zero-order valence-electron chi connectivity index (χ0n) is 22.8. The number of fused-ring (bicyclic) bond motifs is 6. The molecule has 0 radical (unpaired) electrons. The Labute approximate surface area is 229 Å². The summed E-state index contributed by atoms with van der Waals surface area (Å²) in [4.78, 5) is 13.7. The second kappa shape index (κ2) is 9.44. The first-order valence-electron chi connectivity index (χ1n) is 14.3. The third kappa shape index (κ3) is 3.96. The highest BCUT2D eigenvalue weighted by Crippen LogP contribution is 2.69. The van der Waals surface area contributed by atoms with Gasteiger partial charge >= 0.3 is 6.18 Å². The number of hydrogen-bond donors (Lipinski definition) is 1. The molecule has 0 aliphatic heterocycles. The molecule has 0 saturated heterocycles. The average molecular weight is 570 g/mol. The summed E-state index contributed by atoms with van der Waals surface area (Å²) in [6, 6.07) is 2.38. The zero-order chi connectivity index (χ0) is 28.7. The molecule has 1 heterocycles. The Bertz CT molecular complexity index is 1320. The SMILES string of the molecule is COC[C@]12CC[C@](O)(C(F)(F)F)C[C@H]1CC[C@H]1[C@@H]3CC[C@H](C(=O)Cn4nnc5c(F)c(F)ccc54)[C@@]3(C)CC[C@@H]12. The number of carbonyl (C=O) groups is 1. The molecule has 0 amide bonds. The van der Waals surface area contributed by atoms with Gasteiger partial charge in [-0.1, -0.05) is 12.1 Å². The number of hydrogen-bond acceptors (Lipinski definition) is 5. The molecule has 8 atom stereocenters. The van der Waals surface area contributed by atoms with Crippen LogP contribution in [0.2, 0.25) is 0 Å². The molecule has 2 aromatic rings. The molecular weight excluding hydrogens is 533 g/mol. The molecule has 6 rings (SSSR count). The van der Waals surface area contributed by atoms with E-state index in [0.717, 1.165) is 31.7 Å². The maximum atomic E-state index is 14.1. The Morgan fingerprint density at radius 2 is 1.88 bits per heavy atom. The van der Waals surface area contributed by atoms with Gasteiger partial charge in [-0.15, -0.1) is 5.10 Å². The molecule has 4 saturated carbocycles. The third-order valence-electron chi connectivity index (χ3n) is 11.6. The predicted molar refractivity (Wildman–Crippen MR) is 135 cm³/mol. The van der Waals surface area contributed by atoms with Crippen LogP contribution in [-0.4, -0.2) is 51.4 Å². The van der Waals surface area contributed by atoms with E-state index in [1.165, 1.54) is 10.7 Å². The highest BCUT2D eigenvalue weighted by molar-refractivity contribution is 5.84. The van der Waals surface area contributed by atoms with Crippen LogP contribution in [0.4, 0.5) is 22.0 Å². The Balaban J connectivity index is 1.23. The number of ketones is 1. The normalized spacial score (nSPS) is 39.5. The molecule has 11 heteroatoms. The summed E-state index contributed by atoms with van der Waals surface area (Å²) >= 11 is 0. The summed E-state index contributed by atoms with van der Waals surface area (Å²) in [6.45, 7) is 2.49. The van der Waals surface area contributed by atoms with Crippen LogP contribution < -0.4 is 0 Å². The number of aliphatic hydroxyl groups is 1. The lowest BCUT2D eigenvalue weighted by Crippen LogP contribution is -2.61. The first-order chi connectivity index (χ1) is 18.8. The van der Waals surface area contributed by atoms with Gasteiger partial charge in [0.25, 0.3) is 0 Å². The van der Waals surface area contributed by atoms with Gasteiger partial charge in [0.1, 0.15) is 6.54 Å². The fourth-order valence-corrected chi connectivity index (χ4v) is 9.74. The van der Waals surface area contributed by atoms with E-state index >= 15 is 0 Å². The number of nitrogens with zero attached hydrogens (tertiary/aromatic N) is 3. The van der Waals surface area contributed by atoms with E-state index < -0.39 is 28.8 Å². The van der Waals surface area contributed by atoms with Gasteiger partial charge in [0, 0.05) is 13.0 Å². The van der Waals surface area contributed by atoms with Crippen molar-refractivity contribution in [3.05, 3.63) is 23.8 Å². The summed E-state index contributed by atoms with van der Waals surface area (Å²) in [7, 11) is 1.60. The quantitative estimate of drug-likeness (QED) is 0.457. The Morgan fingerprint density at radius 3 is 2.60 bits per heavy atom. The van der Waals surface area contributed by atoms with Crippen LogP contribution in [0.25, 0.3) is 11.0 Å². The van der Waals surface area contributed by atoms with Gasteiger partial charge in [0.05, 0.1) is 12.1 Å². The molecule has 1 aromatic carbocycles. The molecule has 1 aromatic heterocycles. The number of alkyl halides is 3. The van der Waals surface area contributed by atoms with Crippen molar-refractivity contribution in [1.29, 1.82) is 0 Å². The van der Waals surface area contributed by atoms with Crippen molar-refractivity contribution in [3.8, 4) is 0 Å². The lowest BCUT2D eigenvalue weighted by atomic mass is 9.43. The maximum Gasteiger partial charge on any atom is 0.417 e. The van der Waals surface area contributed by atoms with E-state index in [1.807, 2.05) is 0 Å². The van der Waals surface area contributed by atoms with Crippen LogP contribution in [-0.2, 0) is 16.1 Å². The molecular formula is C29H36F5N3O3. The number of methoxy groups -OCH3 is 1. The largest absolute Gasteiger partial charge is 0.417 e. The molecule has 4 fully saturated rings. The van der Waals surface area contributed by atoms with Crippen molar-refractivity contribution in [2.24, 2.45) is 40.4 Å². The van der Waals surface area contributed by atoms with Gasteiger partial charge in [0.15, 0.2) is 28.5 Å². The van der Waals surface area contributed by atoms with Gasteiger partial charge in [-0.25, -0.2) is 13.5 Å². The number of aromatic nitrogens is 3. The highest BCUT2D eigenvalue weighted by Gasteiger charge is 2.66. The second-order valence-corrected chi connectivity index (χ2v) is 13.2. The summed E-state index contributed by atoms with van der Waals surface area (Å²) in [5, 5.41) is 18.2. The number of ether oxygens (including phenoxy) is 1. The summed E-state index contributed by atoms with van der Waals surface area (Å²) in [6.07, 6.45) is -0.373. The van der Waals surface area contributed by atoms with E-state index in [9.17, 15) is 31.9 Å². The molecule has 220 valence electrons. The summed E-state index contributed by atoms with van der Waals surface area (Å²) in [5.41, 5.74) is -3.23. The molecule has 0 spiro atoms. The van der Waals surface area contributed by atoms with E-state index in [-0.39, 0.29) is 77.6 Å². The topological polar surface area (TPSA) is 77.2 Å². The first-order valence-corrected chi connectivity index (χ1v) is 14.3. The first kappa shape index (κ1) is 28.0. The van der Waals surface area contributed by atoms with Crippen molar-refractivity contribution < 1.29 is 36.6 Å².